The first-order chi connectivity index (χ1) is 9.24. The molecule has 100 valence electrons. The van der Waals surface area contributed by atoms with Crippen LogP contribution < -0.4 is 0 Å². The van der Waals surface area contributed by atoms with Gasteiger partial charge in [-0.1, -0.05) is 30.3 Å². The van der Waals surface area contributed by atoms with Crippen LogP contribution in [-0.4, -0.2) is 6.29 Å². The maximum absolute atomic E-state index is 11.1. The zero-order chi connectivity index (χ0) is 12.9. The second-order valence-corrected chi connectivity index (χ2v) is 7.48. The third-order valence-corrected chi connectivity index (χ3v) is 6.08. The Balaban J connectivity index is 1.76. The minimum absolute atomic E-state index is 0.349. The molecule has 0 amide bonds. The third-order valence-electron chi connectivity index (χ3n) is 6.08. The van der Waals surface area contributed by atoms with Gasteiger partial charge in [0.25, 0.3) is 0 Å². The molecule has 0 aliphatic heterocycles. The summed E-state index contributed by atoms with van der Waals surface area (Å²) in [6.07, 6.45) is 10.0. The van der Waals surface area contributed by atoms with Crippen LogP contribution in [0, 0.1) is 17.3 Å². The molecule has 5 rings (SSSR count). The third kappa shape index (κ3) is 1.70. The molecule has 1 aromatic rings. The van der Waals surface area contributed by atoms with Crippen molar-refractivity contribution in [2.24, 2.45) is 17.3 Å². The lowest BCUT2D eigenvalue weighted by Crippen LogP contribution is -2.54. The summed E-state index contributed by atoms with van der Waals surface area (Å²) in [6.45, 7) is 0. The highest BCUT2D eigenvalue weighted by Gasteiger charge is 2.57. The lowest BCUT2D eigenvalue weighted by atomic mass is 9.42. The average Bonchev–Trinajstić information content (AvgIpc) is 2.38. The van der Waals surface area contributed by atoms with Gasteiger partial charge < -0.3 is 4.79 Å². The van der Waals surface area contributed by atoms with Crippen LogP contribution in [0.4, 0.5) is 0 Å². The van der Waals surface area contributed by atoms with E-state index >= 15 is 0 Å². The first-order valence-electron chi connectivity index (χ1n) is 7.73. The monoisotopic (exact) mass is 254 g/mol. The van der Waals surface area contributed by atoms with Gasteiger partial charge in [0.15, 0.2) is 0 Å². The van der Waals surface area contributed by atoms with Gasteiger partial charge >= 0.3 is 0 Å². The smallest absolute Gasteiger partial charge is 0.120 e. The normalized spacial score (nSPS) is 43.4. The summed E-state index contributed by atoms with van der Waals surface area (Å²) in [5.41, 5.74) is 2.29. The maximum Gasteiger partial charge on any atom is 0.120 e. The number of benzene rings is 1. The van der Waals surface area contributed by atoms with Gasteiger partial charge in [-0.05, 0) is 66.8 Å². The van der Waals surface area contributed by atoms with E-state index < -0.39 is 0 Å². The first kappa shape index (κ1) is 11.7. The van der Waals surface area contributed by atoms with Crippen molar-refractivity contribution >= 4 is 6.29 Å². The molecule has 4 aliphatic rings. The highest BCUT2D eigenvalue weighted by molar-refractivity contribution is 5.51. The number of hydrogen-bond donors (Lipinski definition) is 0. The molecule has 4 fully saturated rings. The van der Waals surface area contributed by atoms with Crippen molar-refractivity contribution in [3.8, 4) is 0 Å². The highest BCUT2D eigenvalue weighted by atomic mass is 16.1. The molecule has 4 saturated carbocycles. The SMILES string of the molecule is O=CCC12CC3CC(C1)CC(c1ccccc1)(C3)C2. The lowest BCUT2D eigenvalue weighted by Gasteiger charge is -2.62. The zero-order valence-corrected chi connectivity index (χ0v) is 11.5. The van der Waals surface area contributed by atoms with Crippen LogP contribution in [0.25, 0.3) is 0 Å². The van der Waals surface area contributed by atoms with Crippen molar-refractivity contribution in [1.29, 1.82) is 0 Å². The number of carbonyl (C=O) groups is 1. The van der Waals surface area contributed by atoms with Gasteiger partial charge in [0, 0.05) is 6.42 Å². The molecule has 19 heavy (non-hydrogen) atoms. The summed E-state index contributed by atoms with van der Waals surface area (Å²) in [4.78, 5) is 11.1. The predicted molar refractivity (Wildman–Crippen MR) is 75.9 cm³/mol. The largest absolute Gasteiger partial charge is 0.303 e. The molecule has 0 N–H and O–H groups in total. The van der Waals surface area contributed by atoms with Crippen molar-refractivity contribution in [1.82, 2.24) is 0 Å². The molecule has 1 aromatic carbocycles. The van der Waals surface area contributed by atoms with Crippen LogP contribution in [-0.2, 0) is 10.2 Å². The molecule has 4 bridgehead atoms. The summed E-state index contributed by atoms with van der Waals surface area (Å²) in [5.74, 6) is 1.75. The van der Waals surface area contributed by atoms with Crippen LogP contribution >= 0.6 is 0 Å². The van der Waals surface area contributed by atoms with Crippen molar-refractivity contribution in [2.75, 3.05) is 0 Å². The fraction of sp³-hybridized carbons (Fsp3) is 0.611. The average molecular weight is 254 g/mol. The topological polar surface area (TPSA) is 17.1 Å². The molecular weight excluding hydrogens is 232 g/mol. The molecule has 1 nitrogen and oxygen atoms in total. The standard InChI is InChI=1S/C18H22O/c19-7-6-17-9-14-8-15(10-17)12-18(11-14,13-17)16-4-2-1-3-5-16/h1-5,7,14-15H,6,8-13H2. The Labute approximate surface area is 115 Å². The van der Waals surface area contributed by atoms with Gasteiger partial charge in [-0.2, -0.15) is 0 Å². The van der Waals surface area contributed by atoms with E-state index in [9.17, 15) is 4.79 Å². The van der Waals surface area contributed by atoms with Crippen LogP contribution in [0.15, 0.2) is 30.3 Å². The van der Waals surface area contributed by atoms with E-state index in [-0.39, 0.29) is 0 Å². The maximum atomic E-state index is 11.1. The summed E-state index contributed by atoms with van der Waals surface area (Å²) in [5, 5.41) is 0. The van der Waals surface area contributed by atoms with Crippen molar-refractivity contribution < 1.29 is 4.79 Å². The molecule has 0 heterocycles. The Bertz CT molecular complexity index is 476. The summed E-state index contributed by atoms with van der Waals surface area (Å²) in [6, 6.07) is 11.1. The summed E-state index contributed by atoms with van der Waals surface area (Å²) < 4.78 is 0. The van der Waals surface area contributed by atoms with Gasteiger partial charge in [-0.3, -0.25) is 0 Å². The molecular formula is C18H22O. The Kier molecular flexibility index (Phi) is 2.43. The van der Waals surface area contributed by atoms with Crippen LogP contribution in [0.1, 0.15) is 50.5 Å². The van der Waals surface area contributed by atoms with E-state index in [1.807, 2.05) is 0 Å². The molecule has 0 saturated heterocycles. The Morgan fingerprint density at radius 1 is 1.05 bits per heavy atom. The minimum atomic E-state index is 0.349. The van der Waals surface area contributed by atoms with E-state index in [1.165, 1.54) is 44.8 Å². The van der Waals surface area contributed by atoms with Crippen LogP contribution in [0.5, 0.6) is 0 Å². The number of hydrogen-bond acceptors (Lipinski definition) is 1. The molecule has 2 unspecified atom stereocenters. The van der Waals surface area contributed by atoms with E-state index in [2.05, 4.69) is 30.3 Å². The van der Waals surface area contributed by atoms with Crippen LogP contribution in [0.2, 0.25) is 0 Å². The molecule has 1 heteroatoms. The van der Waals surface area contributed by atoms with E-state index in [4.69, 9.17) is 0 Å². The Morgan fingerprint density at radius 2 is 1.74 bits per heavy atom. The quantitative estimate of drug-likeness (QED) is 0.742. The van der Waals surface area contributed by atoms with Crippen molar-refractivity contribution in [3.05, 3.63) is 35.9 Å². The fourth-order valence-corrected chi connectivity index (χ4v) is 6.00. The van der Waals surface area contributed by atoms with Gasteiger partial charge in [-0.15, -0.1) is 0 Å². The van der Waals surface area contributed by atoms with E-state index in [0.29, 0.717) is 10.8 Å². The van der Waals surface area contributed by atoms with Crippen molar-refractivity contribution in [3.63, 3.8) is 0 Å². The number of aldehydes is 1. The lowest BCUT2D eigenvalue weighted by molar-refractivity contribution is -0.118. The second kappa shape index (κ2) is 3.94. The van der Waals surface area contributed by atoms with E-state index in [1.54, 1.807) is 5.56 Å². The van der Waals surface area contributed by atoms with Crippen molar-refractivity contribution in [2.45, 2.75) is 50.4 Å². The summed E-state index contributed by atoms with van der Waals surface area (Å²) >= 11 is 0. The highest BCUT2D eigenvalue weighted by Crippen LogP contribution is 2.66. The molecule has 0 radical (unpaired) electrons. The van der Waals surface area contributed by atoms with Gasteiger partial charge in [-0.25, -0.2) is 0 Å². The van der Waals surface area contributed by atoms with Crippen LogP contribution in [0.3, 0.4) is 0 Å². The number of rotatable bonds is 3. The van der Waals surface area contributed by atoms with Gasteiger partial charge in [0.05, 0.1) is 0 Å². The molecule has 2 atom stereocenters. The first-order valence-corrected chi connectivity index (χ1v) is 7.73. The number of carbonyl (C=O) groups excluding carboxylic acids is 1. The Morgan fingerprint density at radius 3 is 2.37 bits per heavy atom. The second-order valence-electron chi connectivity index (χ2n) is 7.48. The fourth-order valence-electron chi connectivity index (χ4n) is 6.00. The minimum Gasteiger partial charge on any atom is -0.303 e. The molecule has 0 spiro atoms. The van der Waals surface area contributed by atoms with E-state index in [0.717, 1.165) is 18.3 Å². The zero-order valence-electron chi connectivity index (χ0n) is 11.5. The molecule has 4 aliphatic carbocycles. The Hall–Kier alpha value is -1.11. The van der Waals surface area contributed by atoms with Gasteiger partial charge in [0.2, 0.25) is 0 Å². The van der Waals surface area contributed by atoms with Gasteiger partial charge in [0.1, 0.15) is 6.29 Å². The summed E-state index contributed by atoms with van der Waals surface area (Å²) in [7, 11) is 0. The molecule has 0 aromatic heterocycles. The predicted octanol–water partition coefficient (Wildman–Crippen LogP) is 4.11.